The van der Waals surface area contributed by atoms with E-state index in [-0.39, 0.29) is 5.97 Å². The van der Waals surface area contributed by atoms with Crippen molar-refractivity contribution in [1.82, 2.24) is 0 Å². The van der Waals surface area contributed by atoms with Gasteiger partial charge in [0.05, 0.1) is 0 Å². The van der Waals surface area contributed by atoms with Crippen LogP contribution in [0, 0.1) is 6.92 Å². The number of halogens is 1. The number of allylic oxidation sites excluding steroid dienone is 4. The summed E-state index contributed by atoms with van der Waals surface area (Å²) in [7, 11) is 0. The van der Waals surface area contributed by atoms with Crippen LogP contribution >= 0.6 is 11.6 Å². The maximum Gasteiger partial charge on any atom is 0.307 e. The Bertz CT molecular complexity index is 796. The molecule has 3 rings (SSSR count). The summed E-state index contributed by atoms with van der Waals surface area (Å²) in [5, 5.41) is 0.761. The molecule has 0 N–H and O–H groups in total. The molecule has 0 saturated heterocycles. The standard InChI is InChI=1S/C23H25ClO2/c1-3-22(25)26-23(18-9-5-4-6-10-18,19-15-13-17(2)14-16-19)20-11-7-8-12-21(20)24/h5,7,9-11,13-16H,3-4,6,8,12H2,1-2H3. The van der Waals surface area contributed by atoms with Gasteiger partial charge in [0.1, 0.15) is 0 Å². The molecule has 1 atom stereocenters. The normalized spacial score (nSPS) is 19.1. The highest BCUT2D eigenvalue weighted by Gasteiger charge is 2.44. The molecule has 2 nitrogen and oxygen atoms in total. The first-order chi connectivity index (χ1) is 12.6. The number of hydrogen-bond donors (Lipinski definition) is 0. The largest absolute Gasteiger partial charge is 0.444 e. The predicted octanol–water partition coefficient (Wildman–Crippen LogP) is 6.26. The smallest absolute Gasteiger partial charge is 0.307 e. The monoisotopic (exact) mass is 368 g/mol. The van der Waals surface area contributed by atoms with Gasteiger partial charge in [-0.3, -0.25) is 4.79 Å². The van der Waals surface area contributed by atoms with E-state index in [0.717, 1.165) is 53.0 Å². The summed E-state index contributed by atoms with van der Waals surface area (Å²) in [6.45, 7) is 3.87. The summed E-state index contributed by atoms with van der Waals surface area (Å²) in [5.41, 5.74) is 2.95. The van der Waals surface area contributed by atoms with Crippen molar-refractivity contribution in [3.63, 3.8) is 0 Å². The Kier molecular flexibility index (Phi) is 5.83. The van der Waals surface area contributed by atoms with Gasteiger partial charge in [0.25, 0.3) is 0 Å². The molecular formula is C23H25ClO2. The SMILES string of the molecule is CCC(=O)OC(C1=CCCC=C1)(C1=C(Cl)CCC=C1)c1ccc(C)cc1. The van der Waals surface area contributed by atoms with Crippen LogP contribution in [0.25, 0.3) is 0 Å². The van der Waals surface area contributed by atoms with E-state index < -0.39 is 5.60 Å². The van der Waals surface area contributed by atoms with Crippen molar-refractivity contribution < 1.29 is 9.53 Å². The summed E-state index contributed by atoms with van der Waals surface area (Å²) in [6, 6.07) is 8.19. The Labute approximate surface area is 160 Å². The molecular weight excluding hydrogens is 344 g/mol. The number of aryl methyl sites for hydroxylation is 1. The van der Waals surface area contributed by atoms with E-state index >= 15 is 0 Å². The number of hydrogen-bond acceptors (Lipinski definition) is 2. The van der Waals surface area contributed by atoms with Crippen molar-refractivity contribution in [2.24, 2.45) is 0 Å². The van der Waals surface area contributed by atoms with Crippen LogP contribution in [0.15, 0.2) is 70.8 Å². The zero-order chi connectivity index (χ0) is 18.6. The van der Waals surface area contributed by atoms with Gasteiger partial charge in [-0.15, -0.1) is 0 Å². The van der Waals surface area contributed by atoms with Crippen molar-refractivity contribution in [3.05, 3.63) is 82.0 Å². The lowest BCUT2D eigenvalue weighted by atomic mass is 9.75. The highest BCUT2D eigenvalue weighted by Crippen LogP contribution is 2.47. The molecule has 0 radical (unpaired) electrons. The van der Waals surface area contributed by atoms with Gasteiger partial charge in [0.2, 0.25) is 0 Å². The first-order valence-electron chi connectivity index (χ1n) is 9.29. The number of carbonyl (C=O) groups is 1. The number of rotatable bonds is 5. The molecule has 0 fully saturated rings. The number of ether oxygens (including phenoxy) is 1. The van der Waals surface area contributed by atoms with Crippen molar-refractivity contribution >= 4 is 17.6 Å². The van der Waals surface area contributed by atoms with Gasteiger partial charge < -0.3 is 4.74 Å². The Morgan fingerprint density at radius 1 is 1.12 bits per heavy atom. The summed E-state index contributed by atoms with van der Waals surface area (Å²) < 4.78 is 6.21. The third-order valence-corrected chi connectivity index (χ3v) is 5.29. The van der Waals surface area contributed by atoms with Crippen LogP contribution in [0.5, 0.6) is 0 Å². The third kappa shape index (κ3) is 3.57. The molecule has 0 bridgehead atoms. The van der Waals surface area contributed by atoms with Gasteiger partial charge in [0, 0.05) is 28.2 Å². The molecule has 26 heavy (non-hydrogen) atoms. The van der Waals surface area contributed by atoms with E-state index in [1.165, 1.54) is 0 Å². The van der Waals surface area contributed by atoms with Gasteiger partial charge >= 0.3 is 5.97 Å². The Balaban J connectivity index is 2.28. The molecule has 1 aromatic rings. The van der Waals surface area contributed by atoms with E-state index in [4.69, 9.17) is 16.3 Å². The minimum Gasteiger partial charge on any atom is -0.444 e. The predicted molar refractivity (Wildman–Crippen MR) is 107 cm³/mol. The van der Waals surface area contributed by atoms with E-state index in [2.05, 4.69) is 43.4 Å². The Hall–Kier alpha value is -2.06. The van der Waals surface area contributed by atoms with Crippen LogP contribution in [0.3, 0.4) is 0 Å². The van der Waals surface area contributed by atoms with Crippen molar-refractivity contribution in [2.75, 3.05) is 0 Å². The second-order valence-corrected chi connectivity index (χ2v) is 7.23. The Morgan fingerprint density at radius 2 is 1.85 bits per heavy atom. The van der Waals surface area contributed by atoms with Gasteiger partial charge in [-0.25, -0.2) is 0 Å². The Morgan fingerprint density at radius 3 is 2.46 bits per heavy atom. The fourth-order valence-electron chi connectivity index (χ4n) is 3.50. The molecule has 136 valence electrons. The summed E-state index contributed by atoms with van der Waals surface area (Å²) in [5.74, 6) is -0.235. The first-order valence-corrected chi connectivity index (χ1v) is 9.67. The molecule has 0 heterocycles. The zero-order valence-corrected chi connectivity index (χ0v) is 16.2. The average molecular weight is 369 g/mol. The zero-order valence-electron chi connectivity index (χ0n) is 15.4. The quantitative estimate of drug-likeness (QED) is 0.573. The highest BCUT2D eigenvalue weighted by atomic mass is 35.5. The molecule has 0 saturated carbocycles. The van der Waals surface area contributed by atoms with Gasteiger partial charge in [-0.05, 0) is 32.6 Å². The van der Waals surface area contributed by atoms with Crippen LogP contribution in [0.2, 0.25) is 0 Å². The molecule has 0 aromatic heterocycles. The number of carbonyl (C=O) groups excluding carboxylic acids is 1. The first kappa shape index (κ1) is 18.7. The van der Waals surface area contributed by atoms with E-state index in [1.54, 1.807) is 0 Å². The van der Waals surface area contributed by atoms with E-state index in [0.29, 0.717) is 6.42 Å². The van der Waals surface area contributed by atoms with E-state index in [9.17, 15) is 4.79 Å². The topological polar surface area (TPSA) is 26.3 Å². The molecule has 1 aromatic carbocycles. The number of benzene rings is 1. The van der Waals surface area contributed by atoms with Crippen molar-refractivity contribution in [2.45, 2.75) is 51.6 Å². The second kappa shape index (κ2) is 8.09. The fourth-order valence-corrected chi connectivity index (χ4v) is 3.81. The lowest BCUT2D eigenvalue weighted by Gasteiger charge is -2.39. The molecule has 0 aliphatic heterocycles. The van der Waals surface area contributed by atoms with Crippen LogP contribution in [0.1, 0.15) is 50.2 Å². The lowest BCUT2D eigenvalue weighted by Crippen LogP contribution is -2.37. The second-order valence-electron chi connectivity index (χ2n) is 6.77. The van der Waals surface area contributed by atoms with Gasteiger partial charge in [-0.2, -0.15) is 0 Å². The maximum absolute atomic E-state index is 12.5. The lowest BCUT2D eigenvalue weighted by molar-refractivity contribution is -0.153. The molecule has 0 amide bonds. The van der Waals surface area contributed by atoms with Gasteiger partial charge in [0.15, 0.2) is 5.60 Å². The van der Waals surface area contributed by atoms with Gasteiger partial charge in [-0.1, -0.05) is 78.7 Å². The van der Waals surface area contributed by atoms with Crippen LogP contribution in [-0.2, 0) is 15.1 Å². The van der Waals surface area contributed by atoms with Crippen LogP contribution in [0.4, 0.5) is 0 Å². The van der Waals surface area contributed by atoms with Crippen LogP contribution < -0.4 is 0 Å². The number of esters is 1. The third-order valence-electron chi connectivity index (χ3n) is 4.90. The summed E-state index contributed by atoms with van der Waals surface area (Å²) in [6.07, 6.45) is 14.4. The minimum atomic E-state index is -0.994. The average Bonchev–Trinajstić information content (AvgIpc) is 2.68. The van der Waals surface area contributed by atoms with E-state index in [1.807, 2.05) is 25.1 Å². The molecule has 0 spiro atoms. The summed E-state index contributed by atoms with van der Waals surface area (Å²) in [4.78, 5) is 12.5. The van der Waals surface area contributed by atoms with Crippen molar-refractivity contribution in [1.29, 1.82) is 0 Å². The highest BCUT2D eigenvalue weighted by molar-refractivity contribution is 6.30. The summed E-state index contributed by atoms with van der Waals surface area (Å²) >= 11 is 6.68. The molecule has 1 unspecified atom stereocenters. The van der Waals surface area contributed by atoms with Crippen LogP contribution in [-0.4, -0.2) is 5.97 Å². The minimum absolute atomic E-state index is 0.235. The molecule has 2 aliphatic rings. The molecule has 2 aliphatic carbocycles. The molecule has 3 heteroatoms. The maximum atomic E-state index is 12.5. The fraction of sp³-hybridized carbons (Fsp3) is 0.348. The van der Waals surface area contributed by atoms with Crippen molar-refractivity contribution in [3.8, 4) is 0 Å².